The van der Waals surface area contributed by atoms with Crippen LogP contribution in [0.15, 0.2) is 52.3 Å². The van der Waals surface area contributed by atoms with E-state index in [2.05, 4.69) is 6.92 Å². The van der Waals surface area contributed by atoms with E-state index < -0.39 is 0 Å². The summed E-state index contributed by atoms with van der Waals surface area (Å²) in [6.45, 7) is 3.70. The molecule has 0 spiro atoms. The van der Waals surface area contributed by atoms with Gasteiger partial charge in [0.2, 0.25) is 0 Å². The molecule has 0 radical (unpaired) electrons. The minimum atomic E-state index is 0.0927. The highest BCUT2D eigenvalue weighted by Crippen LogP contribution is 2.34. The number of halogens is 1. The summed E-state index contributed by atoms with van der Waals surface area (Å²) < 4.78 is 0. The molecular formula is C16H15ClOS. The van der Waals surface area contributed by atoms with Gasteiger partial charge in [0.25, 0.3) is 0 Å². The second-order valence-corrected chi connectivity index (χ2v) is 5.78. The normalized spacial score (nSPS) is 10.5. The van der Waals surface area contributed by atoms with Gasteiger partial charge in [0.15, 0.2) is 5.78 Å². The summed E-state index contributed by atoms with van der Waals surface area (Å²) in [6.07, 6.45) is 0.922. The lowest BCUT2D eigenvalue weighted by Gasteiger charge is -2.10. The second-order valence-electron chi connectivity index (χ2n) is 4.26. The molecule has 0 bridgehead atoms. The Morgan fingerprint density at radius 2 is 1.89 bits per heavy atom. The van der Waals surface area contributed by atoms with Crippen molar-refractivity contribution in [3.05, 3.63) is 58.6 Å². The number of hydrogen-bond acceptors (Lipinski definition) is 2. The maximum absolute atomic E-state index is 11.6. The van der Waals surface area contributed by atoms with Gasteiger partial charge in [0.05, 0.1) is 0 Å². The van der Waals surface area contributed by atoms with Crippen molar-refractivity contribution in [3.8, 4) is 0 Å². The Morgan fingerprint density at radius 1 is 1.16 bits per heavy atom. The summed E-state index contributed by atoms with van der Waals surface area (Å²) in [5, 5.41) is 0.751. The van der Waals surface area contributed by atoms with Crippen molar-refractivity contribution in [2.24, 2.45) is 0 Å². The van der Waals surface area contributed by atoms with Gasteiger partial charge in [-0.15, -0.1) is 0 Å². The maximum Gasteiger partial charge on any atom is 0.160 e. The average molecular weight is 291 g/mol. The molecule has 3 heteroatoms. The van der Waals surface area contributed by atoms with Crippen LogP contribution in [-0.4, -0.2) is 5.78 Å². The molecule has 0 fully saturated rings. The first kappa shape index (κ1) is 14.2. The van der Waals surface area contributed by atoms with Crippen LogP contribution in [-0.2, 0) is 6.42 Å². The fraction of sp³-hybridized carbons (Fsp3) is 0.188. The minimum absolute atomic E-state index is 0.0927. The van der Waals surface area contributed by atoms with Crippen LogP contribution < -0.4 is 0 Å². The van der Waals surface area contributed by atoms with Crippen LogP contribution in [0, 0.1) is 0 Å². The molecule has 19 heavy (non-hydrogen) atoms. The van der Waals surface area contributed by atoms with Gasteiger partial charge >= 0.3 is 0 Å². The number of ketones is 1. The van der Waals surface area contributed by atoms with E-state index in [1.54, 1.807) is 18.7 Å². The van der Waals surface area contributed by atoms with E-state index in [9.17, 15) is 4.79 Å². The lowest BCUT2D eigenvalue weighted by Crippen LogP contribution is -1.95. The molecule has 0 heterocycles. The first-order chi connectivity index (χ1) is 9.11. The third-order valence-electron chi connectivity index (χ3n) is 2.89. The number of Topliss-reactive ketones (excluding diaryl/α,β-unsaturated/α-hetero) is 1. The van der Waals surface area contributed by atoms with E-state index in [1.807, 2.05) is 42.5 Å². The molecule has 2 aromatic carbocycles. The van der Waals surface area contributed by atoms with E-state index in [4.69, 9.17) is 11.6 Å². The maximum atomic E-state index is 11.6. The van der Waals surface area contributed by atoms with Crippen LogP contribution >= 0.6 is 23.4 Å². The first-order valence-electron chi connectivity index (χ1n) is 6.18. The molecule has 0 aliphatic heterocycles. The van der Waals surface area contributed by atoms with Gasteiger partial charge in [0.1, 0.15) is 0 Å². The van der Waals surface area contributed by atoms with E-state index in [0.717, 1.165) is 26.8 Å². The topological polar surface area (TPSA) is 17.1 Å². The Balaban J connectivity index is 2.39. The molecule has 0 saturated carbocycles. The van der Waals surface area contributed by atoms with Gasteiger partial charge in [-0.3, -0.25) is 4.79 Å². The van der Waals surface area contributed by atoms with Gasteiger partial charge in [-0.1, -0.05) is 48.5 Å². The third-order valence-corrected chi connectivity index (χ3v) is 4.32. The molecule has 2 aromatic rings. The van der Waals surface area contributed by atoms with Crippen molar-refractivity contribution in [1.29, 1.82) is 0 Å². The molecule has 0 aliphatic rings. The minimum Gasteiger partial charge on any atom is -0.294 e. The lowest BCUT2D eigenvalue weighted by molar-refractivity contribution is 0.101. The molecule has 0 aromatic heterocycles. The number of carbonyl (C=O) groups excluding carboxylic acids is 1. The molecule has 2 rings (SSSR count). The van der Waals surface area contributed by atoms with Crippen LogP contribution in [0.4, 0.5) is 0 Å². The highest BCUT2D eigenvalue weighted by atomic mass is 35.5. The number of carbonyl (C=O) groups is 1. The smallest absolute Gasteiger partial charge is 0.160 e. The number of aryl methyl sites for hydroxylation is 1. The van der Waals surface area contributed by atoms with Crippen molar-refractivity contribution in [1.82, 2.24) is 0 Å². The molecule has 0 aliphatic carbocycles. The van der Waals surface area contributed by atoms with Crippen LogP contribution in [0.3, 0.4) is 0 Å². The van der Waals surface area contributed by atoms with Gasteiger partial charge in [-0.05, 0) is 43.2 Å². The van der Waals surface area contributed by atoms with Crippen molar-refractivity contribution < 1.29 is 4.79 Å². The van der Waals surface area contributed by atoms with E-state index in [1.165, 1.54) is 5.56 Å². The van der Waals surface area contributed by atoms with Crippen molar-refractivity contribution in [2.45, 2.75) is 30.1 Å². The Bertz CT molecular complexity index is 607. The Hall–Kier alpha value is -1.25. The number of hydrogen-bond donors (Lipinski definition) is 0. The molecule has 0 unspecified atom stereocenters. The fourth-order valence-corrected chi connectivity index (χ4v) is 3.26. The standard InChI is InChI=1S/C16H15ClOS/c1-3-12-10-13(17)8-9-15(12)19-16-7-5-4-6-14(16)11(2)18/h4-10H,3H2,1-2H3. The van der Waals surface area contributed by atoms with Crippen LogP contribution in [0.2, 0.25) is 5.02 Å². The van der Waals surface area contributed by atoms with Crippen molar-refractivity contribution in [3.63, 3.8) is 0 Å². The van der Waals surface area contributed by atoms with Gasteiger partial charge in [0, 0.05) is 20.4 Å². The first-order valence-corrected chi connectivity index (χ1v) is 7.37. The Kier molecular flexibility index (Phi) is 4.67. The highest BCUT2D eigenvalue weighted by molar-refractivity contribution is 7.99. The number of rotatable bonds is 4. The summed E-state index contributed by atoms with van der Waals surface area (Å²) in [4.78, 5) is 13.8. The second kappa shape index (κ2) is 6.27. The average Bonchev–Trinajstić information content (AvgIpc) is 2.41. The van der Waals surface area contributed by atoms with Gasteiger partial charge in [-0.2, -0.15) is 0 Å². The van der Waals surface area contributed by atoms with Gasteiger partial charge in [-0.25, -0.2) is 0 Å². The monoisotopic (exact) mass is 290 g/mol. The molecular weight excluding hydrogens is 276 g/mol. The summed E-state index contributed by atoms with van der Waals surface area (Å²) in [5.41, 5.74) is 1.97. The number of benzene rings is 2. The SMILES string of the molecule is CCc1cc(Cl)ccc1Sc1ccccc1C(C)=O. The molecule has 98 valence electrons. The van der Waals surface area contributed by atoms with E-state index >= 15 is 0 Å². The Labute approximate surface area is 123 Å². The third kappa shape index (κ3) is 3.40. The molecule has 0 saturated heterocycles. The zero-order valence-corrected chi connectivity index (χ0v) is 12.5. The van der Waals surface area contributed by atoms with E-state index in [-0.39, 0.29) is 5.78 Å². The molecule has 0 atom stereocenters. The lowest BCUT2D eigenvalue weighted by atomic mass is 10.1. The van der Waals surface area contributed by atoms with E-state index in [0.29, 0.717) is 0 Å². The predicted molar refractivity (Wildman–Crippen MR) is 81.4 cm³/mol. The summed E-state index contributed by atoms with van der Waals surface area (Å²) in [5.74, 6) is 0.0927. The summed E-state index contributed by atoms with van der Waals surface area (Å²) in [7, 11) is 0. The van der Waals surface area contributed by atoms with Crippen LogP contribution in [0.1, 0.15) is 29.8 Å². The molecule has 0 amide bonds. The highest BCUT2D eigenvalue weighted by Gasteiger charge is 2.10. The predicted octanol–water partition coefficient (Wildman–Crippen LogP) is 5.26. The van der Waals surface area contributed by atoms with Crippen LogP contribution in [0.5, 0.6) is 0 Å². The quantitative estimate of drug-likeness (QED) is 0.715. The largest absolute Gasteiger partial charge is 0.294 e. The van der Waals surface area contributed by atoms with Crippen molar-refractivity contribution >= 4 is 29.1 Å². The Morgan fingerprint density at radius 3 is 2.58 bits per heavy atom. The molecule has 1 nitrogen and oxygen atoms in total. The summed E-state index contributed by atoms with van der Waals surface area (Å²) >= 11 is 7.64. The van der Waals surface area contributed by atoms with Crippen LogP contribution in [0.25, 0.3) is 0 Å². The summed E-state index contributed by atoms with van der Waals surface area (Å²) in [6, 6.07) is 13.6. The van der Waals surface area contributed by atoms with Crippen molar-refractivity contribution in [2.75, 3.05) is 0 Å². The van der Waals surface area contributed by atoms with Gasteiger partial charge < -0.3 is 0 Å². The zero-order valence-electron chi connectivity index (χ0n) is 10.9. The molecule has 0 N–H and O–H groups in total. The zero-order chi connectivity index (χ0) is 13.8. The fourth-order valence-electron chi connectivity index (χ4n) is 1.89.